The van der Waals surface area contributed by atoms with Crippen LogP contribution < -0.4 is 11.1 Å². The Kier molecular flexibility index (Phi) is 9.51. The molecule has 3 N–H and O–H groups in total. The van der Waals surface area contributed by atoms with E-state index in [2.05, 4.69) is 10.3 Å². The molecule has 0 unspecified atom stereocenters. The molecule has 0 fully saturated rings. The predicted octanol–water partition coefficient (Wildman–Crippen LogP) is 4.21. The zero-order valence-electron chi connectivity index (χ0n) is 14.2. The molecule has 24 heavy (non-hydrogen) atoms. The molecule has 0 saturated carbocycles. The van der Waals surface area contributed by atoms with Gasteiger partial charge in [-0.15, -0.1) is 36.2 Å². The minimum Gasteiger partial charge on any atom is -0.350 e. The molecule has 1 amide bonds. The fraction of sp³-hybridized carbons (Fsp3) is 0.412. The molecule has 0 saturated heterocycles. The second-order valence-corrected chi connectivity index (χ2v) is 6.49. The number of benzene rings is 1. The first-order chi connectivity index (χ1) is 10.5. The number of nitrogens with two attached hydrogens (primary N) is 1. The van der Waals surface area contributed by atoms with E-state index >= 15 is 0 Å². The summed E-state index contributed by atoms with van der Waals surface area (Å²) in [6, 6.07) is 7.55. The van der Waals surface area contributed by atoms with Gasteiger partial charge in [0.05, 0.1) is 0 Å². The number of aryl methyl sites for hydroxylation is 1. The van der Waals surface area contributed by atoms with E-state index in [0.717, 1.165) is 29.1 Å². The third-order valence-electron chi connectivity index (χ3n) is 4.00. The Bertz CT molecular complexity index is 657. The minimum atomic E-state index is -0.334. The first-order valence-corrected chi connectivity index (χ1v) is 8.45. The van der Waals surface area contributed by atoms with Crippen molar-refractivity contribution in [3.8, 4) is 10.6 Å². The first-order valence-electron chi connectivity index (χ1n) is 7.57. The molecule has 2 rings (SSSR count). The van der Waals surface area contributed by atoms with E-state index in [4.69, 9.17) is 5.73 Å². The summed E-state index contributed by atoms with van der Waals surface area (Å²) >= 11 is 1.59. The number of hydrogen-bond acceptors (Lipinski definition) is 4. The number of rotatable bonds is 6. The molecular formula is C17H25Cl2N3OS. The minimum absolute atomic E-state index is 0. The average molecular weight is 390 g/mol. The maximum Gasteiger partial charge on any atom is 0.251 e. The van der Waals surface area contributed by atoms with Crippen molar-refractivity contribution in [2.45, 2.75) is 39.2 Å². The van der Waals surface area contributed by atoms with Crippen molar-refractivity contribution in [3.63, 3.8) is 0 Å². The summed E-state index contributed by atoms with van der Waals surface area (Å²) in [5.41, 5.74) is 8.49. The van der Waals surface area contributed by atoms with E-state index in [9.17, 15) is 4.79 Å². The van der Waals surface area contributed by atoms with Gasteiger partial charge in [0.2, 0.25) is 0 Å². The lowest BCUT2D eigenvalue weighted by Crippen LogP contribution is -2.49. The van der Waals surface area contributed by atoms with Crippen LogP contribution in [0, 0.1) is 6.92 Å². The Morgan fingerprint density at radius 3 is 2.50 bits per heavy atom. The fourth-order valence-corrected chi connectivity index (χ4v) is 2.93. The van der Waals surface area contributed by atoms with E-state index in [1.165, 1.54) is 0 Å². The van der Waals surface area contributed by atoms with E-state index in [0.29, 0.717) is 12.1 Å². The lowest BCUT2D eigenvalue weighted by Gasteiger charge is -2.26. The van der Waals surface area contributed by atoms with Gasteiger partial charge in [0.1, 0.15) is 5.01 Å². The number of hydrogen-bond donors (Lipinski definition) is 2. The van der Waals surface area contributed by atoms with Crippen molar-refractivity contribution >= 4 is 42.1 Å². The molecule has 1 heterocycles. The lowest BCUT2D eigenvalue weighted by molar-refractivity contribution is 0.0942. The van der Waals surface area contributed by atoms with Gasteiger partial charge in [0, 0.05) is 34.3 Å². The van der Waals surface area contributed by atoms with E-state index in [-0.39, 0.29) is 36.3 Å². The zero-order valence-corrected chi connectivity index (χ0v) is 16.6. The number of thiazole rings is 1. The van der Waals surface area contributed by atoms with Crippen LogP contribution in [0.3, 0.4) is 0 Å². The Labute approximate surface area is 160 Å². The summed E-state index contributed by atoms with van der Waals surface area (Å²) in [6.07, 6.45) is 1.67. The largest absolute Gasteiger partial charge is 0.350 e. The number of carbonyl (C=O) groups is 1. The number of aromatic nitrogens is 1. The maximum absolute atomic E-state index is 12.3. The highest BCUT2D eigenvalue weighted by Gasteiger charge is 2.21. The molecule has 7 heteroatoms. The zero-order chi connectivity index (χ0) is 16.2. The Morgan fingerprint density at radius 2 is 1.96 bits per heavy atom. The van der Waals surface area contributed by atoms with Crippen LogP contribution in [0.1, 0.15) is 42.7 Å². The van der Waals surface area contributed by atoms with Crippen LogP contribution >= 0.6 is 36.2 Å². The van der Waals surface area contributed by atoms with Gasteiger partial charge >= 0.3 is 0 Å². The maximum atomic E-state index is 12.3. The van der Waals surface area contributed by atoms with Crippen LogP contribution in [0.25, 0.3) is 10.6 Å². The van der Waals surface area contributed by atoms with Crippen molar-refractivity contribution in [1.29, 1.82) is 0 Å². The van der Waals surface area contributed by atoms with Crippen molar-refractivity contribution in [2.75, 3.05) is 6.54 Å². The standard InChI is InChI=1S/C17H23N3OS.2ClH/c1-4-17(18,5-2)11-19-15(21)13-7-6-8-14(9-13)16-20-12(3)10-22-16;;/h6-10H,4-5,11,18H2,1-3H3,(H,19,21);2*1H. The van der Waals surface area contributed by atoms with Gasteiger partial charge in [-0.3, -0.25) is 4.79 Å². The normalized spacial score (nSPS) is 10.5. The van der Waals surface area contributed by atoms with Gasteiger partial charge < -0.3 is 11.1 Å². The fourth-order valence-electron chi connectivity index (χ4n) is 2.14. The van der Waals surface area contributed by atoms with Crippen molar-refractivity contribution < 1.29 is 4.79 Å². The molecule has 0 bridgehead atoms. The van der Waals surface area contributed by atoms with E-state index in [1.54, 1.807) is 11.3 Å². The monoisotopic (exact) mass is 389 g/mol. The molecule has 0 atom stereocenters. The van der Waals surface area contributed by atoms with Crippen molar-refractivity contribution in [1.82, 2.24) is 10.3 Å². The van der Waals surface area contributed by atoms with Crippen LogP contribution in [0.2, 0.25) is 0 Å². The number of nitrogens with zero attached hydrogens (tertiary/aromatic N) is 1. The van der Waals surface area contributed by atoms with Gasteiger partial charge in [-0.05, 0) is 31.9 Å². The molecule has 0 spiro atoms. The van der Waals surface area contributed by atoms with Gasteiger partial charge in [-0.2, -0.15) is 0 Å². The van der Waals surface area contributed by atoms with E-state index < -0.39 is 0 Å². The van der Waals surface area contributed by atoms with Gasteiger partial charge in [0.15, 0.2) is 0 Å². The topological polar surface area (TPSA) is 68.0 Å². The van der Waals surface area contributed by atoms with Gasteiger partial charge in [-0.25, -0.2) is 4.98 Å². The third-order valence-corrected chi connectivity index (χ3v) is 5.01. The molecule has 1 aromatic carbocycles. The third kappa shape index (κ3) is 5.74. The quantitative estimate of drug-likeness (QED) is 0.777. The second kappa shape index (κ2) is 9.99. The Hall–Kier alpha value is -1.14. The highest BCUT2D eigenvalue weighted by atomic mass is 35.5. The number of halogens is 2. The van der Waals surface area contributed by atoms with Crippen LogP contribution in [0.15, 0.2) is 29.6 Å². The molecule has 0 aliphatic rings. The molecular weight excluding hydrogens is 365 g/mol. The van der Waals surface area contributed by atoms with Crippen LogP contribution in [-0.4, -0.2) is 23.0 Å². The molecule has 0 aliphatic carbocycles. The van der Waals surface area contributed by atoms with Crippen molar-refractivity contribution in [3.05, 3.63) is 40.9 Å². The van der Waals surface area contributed by atoms with Crippen LogP contribution in [-0.2, 0) is 0 Å². The highest BCUT2D eigenvalue weighted by Crippen LogP contribution is 2.24. The highest BCUT2D eigenvalue weighted by molar-refractivity contribution is 7.13. The summed E-state index contributed by atoms with van der Waals surface area (Å²) in [5, 5.41) is 5.88. The number of nitrogens with one attached hydrogen (secondary N) is 1. The molecule has 0 aliphatic heterocycles. The average Bonchev–Trinajstić information content (AvgIpc) is 2.99. The number of carbonyl (C=O) groups excluding carboxylic acids is 1. The number of amides is 1. The molecule has 2 aromatic rings. The summed E-state index contributed by atoms with van der Waals surface area (Å²) in [4.78, 5) is 16.8. The van der Waals surface area contributed by atoms with Crippen LogP contribution in [0.5, 0.6) is 0 Å². The molecule has 1 aromatic heterocycles. The van der Waals surface area contributed by atoms with Gasteiger partial charge in [0.25, 0.3) is 5.91 Å². The summed E-state index contributed by atoms with van der Waals surface area (Å²) in [6.45, 7) is 6.54. The molecule has 0 radical (unpaired) electrons. The Morgan fingerprint density at radius 1 is 1.29 bits per heavy atom. The summed E-state index contributed by atoms with van der Waals surface area (Å²) in [7, 11) is 0. The van der Waals surface area contributed by atoms with E-state index in [1.807, 2.05) is 50.4 Å². The summed E-state index contributed by atoms with van der Waals surface area (Å²) < 4.78 is 0. The van der Waals surface area contributed by atoms with Gasteiger partial charge in [-0.1, -0.05) is 26.0 Å². The van der Waals surface area contributed by atoms with Crippen molar-refractivity contribution in [2.24, 2.45) is 5.73 Å². The summed E-state index contributed by atoms with van der Waals surface area (Å²) in [5.74, 6) is -0.0909. The smallest absolute Gasteiger partial charge is 0.251 e. The van der Waals surface area contributed by atoms with Crippen LogP contribution in [0.4, 0.5) is 0 Å². The molecule has 4 nitrogen and oxygen atoms in total. The molecule has 134 valence electrons. The predicted molar refractivity (Wildman–Crippen MR) is 107 cm³/mol. The Balaban J connectivity index is 0.00000264. The SMILES string of the molecule is CCC(N)(CC)CNC(=O)c1cccc(-c2nc(C)cs2)c1.Cl.Cl. The second-order valence-electron chi connectivity index (χ2n) is 5.63. The first kappa shape index (κ1) is 22.9. The lowest BCUT2D eigenvalue weighted by atomic mass is 9.94.